The number of pyridine rings is 1. The molecule has 1 aromatic heterocycles. The highest BCUT2D eigenvalue weighted by Crippen LogP contribution is 2.23. The van der Waals surface area contributed by atoms with E-state index in [0.717, 1.165) is 0 Å². The molecule has 0 spiro atoms. The Morgan fingerprint density at radius 2 is 2.31 bits per heavy atom. The van der Waals surface area contributed by atoms with Gasteiger partial charge in [-0.15, -0.1) is 0 Å². The van der Waals surface area contributed by atoms with Crippen molar-refractivity contribution in [3.63, 3.8) is 0 Å². The highest BCUT2D eigenvalue weighted by Gasteiger charge is 2.16. The van der Waals surface area contributed by atoms with Crippen molar-refractivity contribution in [1.82, 2.24) is 4.98 Å². The molecule has 0 aliphatic carbocycles. The average Bonchev–Trinajstić information content (AvgIpc) is 2.02. The first kappa shape index (κ1) is 9.44. The number of aryl methyl sites for hydroxylation is 1. The van der Waals surface area contributed by atoms with Crippen LogP contribution in [0.4, 0.5) is 11.5 Å². The zero-order chi connectivity index (χ0) is 10.0. The van der Waals surface area contributed by atoms with Gasteiger partial charge in [0.1, 0.15) is 5.82 Å². The summed E-state index contributed by atoms with van der Waals surface area (Å²) in [6.45, 7) is 3.50. The third kappa shape index (κ3) is 1.74. The van der Waals surface area contributed by atoms with Crippen molar-refractivity contribution in [2.75, 3.05) is 5.73 Å². The zero-order valence-corrected chi connectivity index (χ0v) is 7.57. The Morgan fingerprint density at radius 1 is 1.69 bits per heavy atom. The van der Waals surface area contributed by atoms with Crippen molar-refractivity contribution in [2.24, 2.45) is 0 Å². The molecular formula is C8H11N3O2. The molecule has 0 saturated carbocycles. The van der Waals surface area contributed by atoms with Crippen molar-refractivity contribution in [2.45, 2.75) is 20.3 Å². The second-order valence-corrected chi connectivity index (χ2v) is 2.76. The van der Waals surface area contributed by atoms with E-state index in [9.17, 15) is 10.1 Å². The topological polar surface area (TPSA) is 82.0 Å². The van der Waals surface area contributed by atoms with Gasteiger partial charge in [-0.3, -0.25) is 10.1 Å². The van der Waals surface area contributed by atoms with Crippen LogP contribution in [0.5, 0.6) is 0 Å². The van der Waals surface area contributed by atoms with Gasteiger partial charge in [-0.05, 0) is 13.3 Å². The number of hydrogen-bond donors (Lipinski definition) is 1. The largest absolute Gasteiger partial charge is 0.383 e. The van der Waals surface area contributed by atoms with Gasteiger partial charge in [0.15, 0.2) is 0 Å². The molecule has 0 saturated heterocycles. The second-order valence-electron chi connectivity index (χ2n) is 2.76. The predicted molar refractivity (Wildman–Crippen MR) is 49.4 cm³/mol. The van der Waals surface area contributed by atoms with E-state index >= 15 is 0 Å². The molecular weight excluding hydrogens is 170 g/mol. The Bertz CT molecular complexity index is 349. The van der Waals surface area contributed by atoms with Crippen LogP contribution in [-0.4, -0.2) is 9.91 Å². The van der Waals surface area contributed by atoms with Crippen LogP contribution >= 0.6 is 0 Å². The molecule has 2 N–H and O–H groups in total. The van der Waals surface area contributed by atoms with Crippen LogP contribution in [0.2, 0.25) is 0 Å². The maximum atomic E-state index is 10.6. The lowest BCUT2D eigenvalue weighted by molar-refractivity contribution is -0.385. The Labute approximate surface area is 75.7 Å². The summed E-state index contributed by atoms with van der Waals surface area (Å²) in [4.78, 5) is 14.1. The zero-order valence-electron chi connectivity index (χ0n) is 7.57. The Kier molecular flexibility index (Phi) is 2.46. The number of nitrogen functional groups attached to an aromatic ring is 1. The number of nitrogens with two attached hydrogens (primary N) is 1. The SMILES string of the molecule is CCc1c([N+](=O)[O-])cc(C)nc1N. The summed E-state index contributed by atoms with van der Waals surface area (Å²) in [5.74, 6) is 0.259. The lowest BCUT2D eigenvalue weighted by Crippen LogP contribution is -2.03. The smallest absolute Gasteiger partial charge is 0.278 e. The summed E-state index contributed by atoms with van der Waals surface area (Å²) in [5.41, 5.74) is 6.70. The second kappa shape index (κ2) is 3.38. The summed E-state index contributed by atoms with van der Waals surface area (Å²) in [6.07, 6.45) is 0.523. The van der Waals surface area contributed by atoms with Gasteiger partial charge >= 0.3 is 0 Å². The monoisotopic (exact) mass is 181 g/mol. The van der Waals surface area contributed by atoms with Gasteiger partial charge in [-0.25, -0.2) is 4.98 Å². The number of rotatable bonds is 2. The minimum Gasteiger partial charge on any atom is -0.383 e. The van der Waals surface area contributed by atoms with Gasteiger partial charge < -0.3 is 5.73 Å². The lowest BCUT2D eigenvalue weighted by atomic mass is 10.1. The van der Waals surface area contributed by atoms with E-state index in [-0.39, 0.29) is 11.5 Å². The molecule has 0 amide bonds. The van der Waals surface area contributed by atoms with Gasteiger partial charge in [0, 0.05) is 11.8 Å². The van der Waals surface area contributed by atoms with Crippen molar-refractivity contribution in [3.8, 4) is 0 Å². The molecule has 0 aliphatic rings. The van der Waals surface area contributed by atoms with E-state index in [4.69, 9.17) is 5.73 Å². The molecule has 0 fully saturated rings. The highest BCUT2D eigenvalue weighted by molar-refractivity contribution is 5.53. The minimum absolute atomic E-state index is 0.0625. The van der Waals surface area contributed by atoms with E-state index in [1.54, 1.807) is 6.92 Å². The summed E-state index contributed by atoms with van der Waals surface area (Å²) in [5, 5.41) is 10.6. The van der Waals surface area contributed by atoms with Crippen molar-refractivity contribution >= 4 is 11.5 Å². The number of aromatic nitrogens is 1. The fourth-order valence-electron chi connectivity index (χ4n) is 1.23. The van der Waals surface area contributed by atoms with Gasteiger partial charge in [0.2, 0.25) is 0 Å². The van der Waals surface area contributed by atoms with Crippen LogP contribution in [0.15, 0.2) is 6.07 Å². The maximum Gasteiger partial charge on any atom is 0.278 e. The van der Waals surface area contributed by atoms with Crippen LogP contribution in [-0.2, 0) is 6.42 Å². The molecule has 70 valence electrons. The van der Waals surface area contributed by atoms with Gasteiger partial charge in [-0.1, -0.05) is 6.92 Å². The molecule has 0 atom stereocenters. The molecule has 0 aromatic carbocycles. The van der Waals surface area contributed by atoms with Crippen molar-refractivity contribution in [3.05, 3.63) is 27.4 Å². The van der Waals surface area contributed by atoms with Crippen LogP contribution in [0, 0.1) is 17.0 Å². The van der Waals surface area contributed by atoms with Crippen LogP contribution in [0.1, 0.15) is 18.2 Å². The molecule has 0 aliphatic heterocycles. The quantitative estimate of drug-likeness (QED) is 0.552. The Morgan fingerprint density at radius 3 is 2.77 bits per heavy atom. The number of nitrogens with zero attached hydrogens (tertiary/aromatic N) is 2. The van der Waals surface area contributed by atoms with Gasteiger partial charge in [-0.2, -0.15) is 0 Å². The summed E-state index contributed by atoms with van der Waals surface area (Å²) in [7, 11) is 0. The predicted octanol–water partition coefficient (Wildman–Crippen LogP) is 1.44. The normalized spacial score (nSPS) is 10.0. The van der Waals surface area contributed by atoms with E-state index in [1.165, 1.54) is 6.07 Å². The first-order valence-electron chi connectivity index (χ1n) is 3.96. The van der Waals surface area contributed by atoms with Crippen LogP contribution in [0.25, 0.3) is 0 Å². The molecule has 5 heteroatoms. The molecule has 1 rings (SSSR count). The lowest BCUT2D eigenvalue weighted by Gasteiger charge is -2.03. The number of hydrogen-bond acceptors (Lipinski definition) is 4. The molecule has 1 heterocycles. The Balaban J connectivity index is 3.38. The molecule has 0 unspecified atom stereocenters. The molecule has 5 nitrogen and oxygen atoms in total. The molecule has 1 aromatic rings. The van der Waals surface area contributed by atoms with Gasteiger partial charge in [0.25, 0.3) is 5.69 Å². The Hall–Kier alpha value is -1.65. The average molecular weight is 181 g/mol. The molecule has 13 heavy (non-hydrogen) atoms. The molecule has 0 radical (unpaired) electrons. The standard InChI is InChI=1S/C8H11N3O2/c1-3-6-7(11(12)13)4-5(2)10-8(6)9/h4H,3H2,1-2H3,(H2,9,10). The van der Waals surface area contributed by atoms with Gasteiger partial charge in [0.05, 0.1) is 10.5 Å². The van der Waals surface area contributed by atoms with E-state index < -0.39 is 4.92 Å². The minimum atomic E-state index is -0.427. The van der Waals surface area contributed by atoms with E-state index in [1.807, 2.05) is 6.92 Å². The van der Waals surface area contributed by atoms with E-state index in [2.05, 4.69) is 4.98 Å². The number of anilines is 1. The third-order valence-electron chi connectivity index (χ3n) is 1.81. The maximum absolute atomic E-state index is 10.6. The summed E-state index contributed by atoms with van der Waals surface area (Å²) < 4.78 is 0. The molecule has 0 bridgehead atoms. The first-order chi connectivity index (χ1) is 6.06. The summed E-state index contributed by atoms with van der Waals surface area (Å²) in [6, 6.07) is 1.44. The van der Waals surface area contributed by atoms with Crippen LogP contribution in [0.3, 0.4) is 0 Å². The number of nitro groups is 1. The first-order valence-corrected chi connectivity index (χ1v) is 3.96. The fourth-order valence-corrected chi connectivity index (χ4v) is 1.23. The highest BCUT2D eigenvalue weighted by atomic mass is 16.6. The van der Waals surface area contributed by atoms with Crippen molar-refractivity contribution < 1.29 is 4.92 Å². The fraction of sp³-hybridized carbons (Fsp3) is 0.375. The van der Waals surface area contributed by atoms with Crippen LogP contribution < -0.4 is 5.73 Å². The third-order valence-corrected chi connectivity index (χ3v) is 1.81. The van der Waals surface area contributed by atoms with E-state index in [0.29, 0.717) is 17.7 Å². The summed E-state index contributed by atoms with van der Waals surface area (Å²) >= 11 is 0. The van der Waals surface area contributed by atoms with Crippen molar-refractivity contribution in [1.29, 1.82) is 0 Å².